The van der Waals surface area contributed by atoms with Crippen LogP contribution in [0.5, 0.6) is 0 Å². The summed E-state index contributed by atoms with van der Waals surface area (Å²) in [4.78, 5) is 12.6. The summed E-state index contributed by atoms with van der Waals surface area (Å²) in [5, 5.41) is 11.3. The van der Waals surface area contributed by atoms with Crippen molar-refractivity contribution >= 4 is 61.4 Å². The van der Waals surface area contributed by atoms with Gasteiger partial charge in [-0.05, 0) is 31.0 Å². The summed E-state index contributed by atoms with van der Waals surface area (Å²) in [7, 11) is -3.71. The van der Waals surface area contributed by atoms with Gasteiger partial charge in [0.05, 0.1) is 11.9 Å². The first kappa shape index (κ1) is 21.9. The molecule has 1 N–H and O–H groups in total. The largest absolute Gasteiger partial charge is 0.299 e. The molecule has 0 saturated heterocycles. The molecule has 1 atom stereocenters. The third kappa shape index (κ3) is 6.34. The zero-order valence-electron chi connectivity index (χ0n) is 15.3. The predicted molar refractivity (Wildman–Crippen MR) is 112 cm³/mol. The summed E-state index contributed by atoms with van der Waals surface area (Å²) in [6.45, 7) is 5.72. The predicted octanol–water partition coefficient (Wildman–Crippen LogP) is 3.73. The van der Waals surface area contributed by atoms with E-state index in [1.54, 1.807) is 30.0 Å². The minimum atomic E-state index is -3.71. The number of rotatable bonds is 8. The van der Waals surface area contributed by atoms with E-state index < -0.39 is 22.0 Å². The first-order valence-corrected chi connectivity index (χ1v) is 12.1. The highest BCUT2D eigenvalue weighted by Crippen LogP contribution is 2.28. The van der Waals surface area contributed by atoms with Gasteiger partial charge in [-0.3, -0.25) is 14.4 Å². The van der Waals surface area contributed by atoms with Crippen LogP contribution < -0.4 is 9.62 Å². The van der Waals surface area contributed by atoms with E-state index >= 15 is 0 Å². The third-order valence-corrected chi connectivity index (χ3v) is 7.20. The standard InChI is InChI=1S/C16H21ClN4O3S3/c1-10(2)9-25-16-20-19-15(26-16)18-14(22)11(3)21(27(4,23)24)13-7-5-6-12(17)8-13/h5-8,10-11H,9H2,1-4H3,(H,18,19,22). The zero-order valence-corrected chi connectivity index (χ0v) is 18.5. The summed E-state index contributed by atoms with van der Waals surface area (Å²) < 4.78 is 26.3. The molecule has 1 amide bonds. The van der Waals surface area contributed by atoms with E-state index in [4.69, 9.17) is 11.6 Å². The molecule has 0 fully saturated rings. The van der Waals surface area contributed by atoms with Gasteiger partial charge < -0.3 is 0 Å². The van der Waals surface area contributed by atoms with Gasteiger partial charge in [-0.25, -0.2) is 8.42 Å². The summed E-state index contributed by atoms with van der Waals surface area (Å²) in [6, 6.07) is 5.35. The van der Waals surface area contributed by atoms with Crippen LogP contribution in [0.2, 0.25) is 5.02 Å². The molecule has 1 unspecified atom stereocenters. The van der Waals surface area contributed by atoms with Gasteiger partial charge in [-0.1, -0.05) is 54.6 Å². The maximum absolute atomic E-state index is 12.6. The van der Waals surface area contributed by atoms with Crippen molar-refractivity contribution < 1.29 is 13.2 Å². The molecule has 2 aromatic rings. The molecule has 0 bridgehead atoms. The Bertz CT molecular complexity index is 902. The Kier molecular flexibility index (Phi) is 7.49. The fraction of sp³-hybridized carbons (Fsp3) is 0.438. The molecular formula is C16H21ClN4O3S3. The van der Waals surface area contributed by atoms with E-state index in [-0.39, 0.29) is 0 Å². The minimum Gasteiger partial charge on any atom is -0.299 e. The van der Waals surface area contributed by atoms with Gasteiger partial charge in [-0.2, -0.15) is 0 Å². The molecule has 0 aliphatic rings. The lowest BCUT2D eigenvalue weighted by atomic mass is 10.2. The van der Waals surface area contributed by atoms with Crippen molar-refractivity contribution in [1.82, 2.24) is 10.2 Å². The van der Waals surface area contributed by atoms with Crippen LogP contribution in [0.3, 0.4) is 0 Å². The Morgan fingerprint density at radius 3 is 2.63 bits per heavy atom. The molecule has 0 saturated carbocycles. The van der Waals surface area contributed by atoms with Crippen LogP contribution in [-0.2, 0) is 14.8 Å². The summed E-state index contributed by atoms with van der Waals surface area (Å²) in [5.74, 6) is 0.908. The Morgan fingerprint density at radius 2 is 2.04 bits per heavy atom. The minimum absolute atomic E-state index is 0.318. The highest BCUT2D eigenvalue weighted by Gasteiger charge is 2.29. The maximum Gasteiger partial charge on any atom is 0.249 e. The lowest BCUT2D eigenvalue weighted by molar-refractivity contribution is -0.116. The number of halogens is 1. The van der Waals surface area contributed by atoms with E-state index in [0.717, 1.165) is 20.7 Å². The van der Waals surface area contributed by atoms with E-state index in [2.05, 4.69) is 29.4 Å². The van der Waals surface area contributed by atoms with Crippen molar-refractivity contribution in [1.29, 1.82) is 0 Å². The number of aromatic nitrogens is 2. The second-order valence-corrected chi connectivity index (χ2v) is 10.8. The molecule has 7 nitrogen and oxygen atoms in total. The van der Waals surface area contributed by atoms with Gasteiger partial charge in [0.1, 0.15) is 6.04 Å². The summed E-state index contributed by atoms with van der Waals surface area (Å²) in [5.41, 5.74) is 0.318. The number of sulfonamides is 1. The average Bonchev–Trinajstić information content (AvgIpc) is 2.99. The van der Waals surface area contributed by atoms with Crippen LogP contribution in [0.15, 0.2) is 28.6 Å². The van der Waals surface area contributed by atoms with Gasteiger partial charge >= 0.3 is 0 Å². The number of hydrogen-bond acceptors (Lipinski definition) is 7. The van der Waals surface area contributed by atoms with E-state index in [1.165, 1.54) is 24.3 Å². The Hall–Kier alpha value is -1.36. The van der Waals surface area contributed by atoms with Gasteiger partial charge in [0.2, 0.25) is 21.1 Å². The van der Waals surface area contributed by atoms with Crippen molar-refractivity contribution in [3.05, 3.63) is 29.3 Å². The molecule has 0 aliphatic carbocycles. The number of anilines is 2. The van der Waals surface area contributed by atoms with E-state index in [0.29, 0.717) is 21.8 Å². The summed E-state index contributed by atoms with van der Waals surface area (Å²) >= 11 is 8.79. The van der Waals surface area contributed by atoms with Gasteiger partial charge in [0.15, 0.2) is 4.34 Å². The molecular weight excluding hydrogens is 428 g/mol. The van der Waals surface area contributed by atoms with Crippen molar-refractivity contribution in [2.45, 2.75) is 31.2 Å². The highest BCUT2D eigenvalue weighted by molar-refractivity contribution is 8.01. The van der Waals surface area contributed by atoms with E-state index in [9.17, 15) is 13.2 Å². The molecule has 27 heavy (non-hydrogen) atoms. The van der Waals surface area contributed by atoms with Crippen LogP contribution in [0, 0.1) is 5.92 Å². The van der Waals surface area contributed by atoms with Crippen LogP contribution >= 0.6 is 34.7 Å². The van der Waals surface area contributed by atoms with Crippen molar-refractivity contribution in [3.8, 4) is 0 Å². The SMILES string of the molecule is CC(C)CSc1nnc(NC(=O)C(C)N(c2cccc(Cl)c2)S(C)(=O)=O)s1. The maximum atomic E-state index is 12.6. The molecule has 1 aromatic carbocycles. The molecule has 1 aromatic heterocycles. The topological polar surface area (TPSA) is 92.3 Å². The molecule has 0 spiro atoms. The fourth-order valence-corrected chi connectivity index (χ4v) is 5.27. The lowest BCUT2D eigenvalue weighted by Gasteiger charge is -2.27. The van der Waals surface area contributed by atoms with Crippen molar-refractivity contribution in [2.75, 3.05) is 21.6 Å². The number of hydrogen-bond donors (Lipinski definition) is 1. The molecule has 11 heteroatoms. The number of nitrogens with zero attached hydrogens (tertiary/aromatic N) is 3. The van der Waals surface area contributed by atoms with Crippen molar-refractivity contribution in [2.24, 2.45) is 5.92 Å². The molecule has 0 aliphatic heterocycles. The molecule has 148 valence electrons. The zero-order chi connectivity index (χ0) is 20.2. The first-order valence-electron chi connectivity index (χ1n) is 8.10. The number of carbonyl (C=O) groups excluding carboxylic acids is 1. The quantitative estimate of drug-likeness (QED) is 0.488. The van der Waals surface area contributed by atoms with Gasteiger partial charge in [0.25, 0.3) is 0 Å². The number of amides is 1. The Morgan fingerprint density at radius 1 is 1.33 bits per heavy atom. The number of thioether (sulfide) groups is 1. The number of benzene rings is 1. The van der Waals surface area contributed by atoms with Crippen LogP contribution in [-0.4, -0.2) is 42.6 Å². The average molecular weight is 449 g/mol. The third-order valence-electron chi connectivity index (χ3n) is 3.33. The molecule has 0 radical (unpaired) electrons. The van der Waals surface area contributed by atoms with Crippen LogP contribution in [0.25, 0.3) is 0 Å². The van der Waals surface area contributed by atoms with Crippen LogP contribution in [0.1, 0.15) is 20.8 Å². The lowest BCUT2D eigenvalue weighted by Crippen LogP contribution is -2.45. The van der Waals surface area contributed by atoms with Gasteiger partial charge in [0, 0.05) is 10.8 Å². The second-order valence-electron chi connectivity index (χ2n) is 6.28. The smallest absolute Gasteiger partial charge is 0.249 e. The van der Waals surface area contributed by atoms with Crippen LogP contribution in [0.4, 0.5) is 10.8 Å². The van der Waals surface area contributed by atoms with E-state index in [1.807, 2.05) is 0 Å². The Balaban J connectivity index is 2.16. The monoisotopic (exact) mass is 448 g/mol. The fourth-order valence-electron chi connectivity index (χ4n) is 2.19. The second kappa shape index (κ2) is 9.22. The van der Waals surface area contributed by atoms with Crippen molar-refractivity contribution in [3.63, 3.8) is 0 Å². The first-order chi connectivity index (χ1) is 12.6. The Labute approximate surface area is 172 Å². The normalized spacial score (nSPS) is 12.8. The molecule has 1 heterocycles. The highest BCUT2D eigenvalue weighted by atomic mass is 35.5. The van der Waals surface area contributed by atoms with Gasteiger partial charge in [-0.15, -0.1) is 10.2 Å². The molecule has 2 rings (SSSR count). The number of nitrogens with one attached hydrogen (secondary N) is 1. The summed E-state index contributed by atoms with van der Waals surface area (Å²) in [6.07, 6.45) is 1.04. The number of carbonyl (C=O) groups is 1.